The molecule has 0 radical (unpaired) electrons. The summed E-state index contributed by atoms with van der Waals surface area (Å²) in [5, 5.41) is 12.3. The van der Waals surface area contributed by atoms with Gasteiger partial charge in [0, 0.05) is 31.2 Å². The molecule has 0 heterocycles. The number of aliphatic hydroxyl groups excluding tert-OH is 1. The summed E-state index contributed by atoms with van der Waals surface area (Å²) in [6, 6.07) is 12.3. The van der Waals surface area contributed by atoms with Gasteiger partial charge in [-0.3, -0.25) is 4.79 Å². The van der Waals surface area contributed by atoms with Gasteiger partial charge < -0.3 is 20.9 Å². The number of carbonyl (C=O) groups excluding carboxylic acids is 1. The third-order valence-electron chi connectivity index (χ3n) is 3.94. The Hall–Kier alpha value is -2.58. The van der Waals surface area contributed by atoms with Gasteiger partial charge in [0.15, 0.2) is 0 Å². The van der Waals surface area contributed by atoms with E-state index in [9.17, 15) is 23.1 Å². The first kappa shape index (κ1) is 20.7. The summed E-state index contributed by atoms with van der Waals surface area (Å²) in [5.74, 6) is -0.848. The van der Waals surface area contributed by atoms with Gasteiger partial charge in [-0.1, -0.05) is 24.3 Å². The standard InChI is InChI=1S/C19H21F3N2O3/c20-19(21,22)27-17-7-3-13(4-8-17)9-15(12-25)11-24-18(26)16-5-1-14(10-23)2-6-16/h1-8,15,25H,9-12,23H2,(H,24,26). The van der Waals surface area contributed by atoms with Gasteiger partial charge in [0.1, 0.15) is 5.75 Å². The third kappa shape index (κ3) is 6.92. The Balaban J connectivity index is 1.88. The lowest BCUT2D eigenvalue weighted by Gasteiger charge is -2.16. The first-order valence-electron chi connectivity index (χ1n) is 8.33. The molecule has 1 atom stereocenters. The van der Waals surface area contributed by atoms with Crippen LogP contribution in [0.5, 0.6) is 5.75 Å². The van der Waals surface area contributed by atoms with E-state index in [1.807, 2.05) is 0 Å². The van der Waals surface area contributed by atoms with Crippen LogP contribution in [-0.2, 0) is 13.0 Å². The maximum Gasteiger partial charge on any atom is 0.573 e. The highest BCUT2D eigenvalue weighted by Gasteiger charge is 2.30. The second-order valence-corrected chi connectivity index (χ2v) is 6.06. The molecule has 1 amide bonds. The molecule has 2 aromatic carbocycles. The summed E-state index contributed by atoms with van der Waals surface area (Å²) < 4.78 is 40.3. The predicted molar refractivity (Wildman–Crippen MR) is 94.1 cm³/mol. The molecule has 0 saturated carbocycles. The second kappa shape index (κ2) is 9.38. The van der Waals surface area contributed by atoms with E-state index in [4.69, 9.17) is 5.73 Å². The number of aliphatic hydroxyl groups is 1. The quantitative estimate of drug-likeness (QED) is 0.655. The Morgan fingerprint density at radius 3 is 2.19 bits per heavy atom. The topological polar surface area (TPSA) is 84.6 Å². The molecule has 5 nitrogen and oxygen atoms in total. The maximum atomic E-state index is 12.2. The van der Waals surface area contributed by atoms with Crippen molar-refractivity contribution in [2.45, 2.75) is 19.3 Å². The number of nitrogens with one attached hydrogen (secondary N) is 1. The fraction of sp³-hybridized carbons (Fsp3) is 0.316. The Morgan fingerprint density at radius 2 is 1.67 bits per heavy atom. The monoisotopic (exact) mass is 382 g/mol. The Labute approximate surface area is 154 Å². The number of rotatable bonds is 8. The summed E-state index contributed by atoms with van der Waals surface area (Å²) >= 11 is 0. The minimum Gasteiger partial charge on any atom is -0.406 e. The van der Waals surface area contributed by atoms with Crippen molar-refractivity contribution in [3.63, 3.8) is 0 Å². The molecule has 0 spiro atoms. The summed E-state index contributed by atoms with van der Waals surface area (Å²) in [6.45, 7) is 0.448. The number of ether oxygens (including phenoxy) is 1. The number of hydrogen-bond acceptors (Lipinski definition) is 4. The molecule has 2 rings (SSSR count). The molecule has 146 valence electrons. The molecule has 0 bridgehead atoms. The summed E-state index contributed by atoms with van der Waals surface area (Å²) in [7, 11) is 0. The zero-order chi connectivity index (χ0) is 19.9. The molecule has 0 aliphatic rings. The van der Waals surface area contributed by atoms with E-state index in [2.05, 4.69) is 10.1 Å². The van der Waals surface area contributed by atoms with Crippen LogP contribution in [0.2, 0.25) is 0 Å². The van der Waals surface area contributed by atoms with Gasteiger partial charge in [0.25, 0.3) is 5.91 Å². The molecule has 0 saturated heterocycles. The zero-order valence-corrected chi connectivity index (χ0v) is 14.5. The fourth-order valence-electron chi connectivity index (χ4n) is 2.49. The van der Waals surface area contributed by atoms with Crippen molar-refractivity contribution in [3.8, 4) is 5.75 Å². The van der Waals surface area contributed by atoms with Crippen LogP contribution in [0.25, 0.3) is 0 Å². The molecule has 27 heavy (non-hydrogen) atoms. The number of halogens is 3. The molecular weight excluding hydrogens is 361 g/mol. The largest absolute Gasteiger partial charge is 0.573 e. The number of alkyl halides is 3. The second-order valence-electron chi connectivity index (χ2n) is 6.06. The molecule has 2 aromatic rings. The van der Waals surface area contributed by atoms with E-state index in [0.29, 0.717) is 18.5 Å². The van der Waals surface area contributed by atoms with Crippen LogP contribution in [0.3, 0.4) is 0 Å². The molecule has 0 fully saturated rings. The molecule has 0 aliphatic carbocycles. The van der Waals surface area contributed by atoms with Crippen molar-refractivity contribution in [3.05, 3.63) is 65.2 Å². The Bertz CT molecular complexity index is 731. The highest BCUT2D eigenvalue weighted by atomic mass is 19.4. The van der Waals surface area contributed by atoms with Crippen molar-refractivity contribution in [1.82, 2.24) is 5.32 Å². The first-order valence-corrected chi connectivity index (χ1v) is 8.33. The van der Waals surface area contributed by atoms with E-state index < -0.39 is 6.36 Å². The van der Waals surface area contributed by atoms with Crippen molar-refractivity contribution in [2.75, 3.05) is 13.2 Å². The Kier molecular flexibility index (Phi) is 7.20. The van der Waals surface area contributed by atoms with Gasteiger partial charge in [-0.15, -0.1) is 13.2 Å². The normalized spacial score (nSPS) is 12.5. The zero-order valence-electron chi connectivity index (χ0n) is 14.5. The van der Waals surface area contributed by atoms with Crippen LogP contribution in [0.1, 0.15) is 21.5 Å². The fourth-order valence-corrected chi connectivity index (χ4v) is 2.49. The van der Waals surface area contributed by atoms with Crippen LogP contribution in [0.15, 0.2) is 48.5 Å². The SMILES string of the molecule is NCc1ccc(C(=O)NCC(CO)Cc2ccc(OC(F)(F)F)cc2)cc1. The minimum atomic E-state index is -4.73. The number of hydrogen-bond donors (Lipinski definition) is 3. The van der Waals surface area contributed by atoms with Gasteiger partial charge in [0.05, 0.1) is 0 Å². The molecule has 0 aromatic heterocycles. The maximum absolute atomic E-state index is 12.2. The number of nitrogens with two attached hydrogens (primary N) is 1. The van der Waals surface area contributed by atoms with Crippen LogP contribution in [0.4, 0.5) is 13.2 Å². The van der Waals surface area contributed by atoms with E-state index in [-0.39, 0.29) is 30.7 Å². The lowest BCUT2D eigenvalue weighted by atomic mass is 9.99. The first-order chi connectivity index (χ1) is 12.8. The van der Waals surface area contributed by atoms with Crippen molar-refractivity contribution in [2.24, 2.45) is 11.7 Å². The molecule has 0 aliphatic heterocycles. The van der Waals surface area contributed by atoms with Crippen LogP contribution < -0.4 is 15.8 Å². The summed E-state index contributed by atoms with van der Waals surface area (Å²) in [6.07, 6.45) is -4.34. The van der Waals surface area contributed by atoms with E-state index in [1.54, 1.807) is 24.3 Å². The van der Waals surface area contributed by atoms with E-state index in [1.165, 1.54) is 24.3 Å². The summed E-state index contributed by atoms with van der Waals surface area (Å²) in [4.78, 5) is 12.1. The van der Waals surface area contributed by atoms with Gasteiger partial charge >= 0.3 is 6.36 Å². The lowest BCUT2D eigenvalue weighted by molar-refractivity contribution is -0.274. The predicted octanol–water partition coefficient (Wildman–Crippen LogP) is 2.62. The third-order valence-corrected chi connectivity index (χ3v) is 3.94. The lowest BCUT2D eigenvalue weighted by Crippen LogP contribution is -2.31. The number of carbonyl (C=O) groups is 1. The van der Waals surface area contributed by atoms with E-state index >= 15 is 0 Å². The van der Waals surface area contributed by atoms with Gasteiger partial charge in [-0.2, -0.15) is 0 Å². The number of benzene rings is 2. The van der Waals surface area contributed by atoms with Gasteiger partial charge in [-0.05, 0) is 41.8 Å². The van der Waals surface area contributed by atoms with Crippen LogP contribution >= 0.6 is 0 Å². The smallest absolute Gasteiger partial charge is 0.406 e. The minimum absolute atomic E-state index is 0.173. The Morgan fingerprint density at radius 1 is 1.07 bits per heavy atom. The van der Waals surface area contributed by atoms with Crippen LogP contribution in [0, 0.1) is 5.92 Å². The highest BCUT2D eigenvalue weighted by Crippen LogP contribution is 2.23. The molecule has 4 N–H and O–H groups in total. The van der Waals surface area contributed by atoms with Crippen molar-refractivity contribution < 1.29 is 27.8 Å². The summed E-state index contributed by atoms with van der Waals surface area (Å²) in [5.41, 5.74) is 7.64. The van der Waals surface area contributed by atoms with Crippen LogP contribution in [-0.4, -0.2) is 30.5 Å². The molecular formula is C19H21F3N2O3. The van der Waals surface area contributed by atoms with Crippen molar-refractivity contribution in [1.29, 1.82) is 0 Å². The average molecular weight is 382 g/mol. The van der Waals surface area contributed by atoms with Gasteiger partial charge in [0.2, 0.25) is 0 Å². The number of amides is 1. The molecule has 1 unspecified atom stereocenters. The van der Waals surface area contributed by atoms with Gasteiger partial charge in [-0.25, -0.2) is 0 Å². The highest BCUT2D eigenvalue weighted by molar-refractivity contribution is 5.94. The molecule has 8 heteroatoms. The van der Waals surface area contributed by atoms with Crippen molar-refractivity contribution >= 4 is 5.91 Å². The average Bonchev–Trinajstić information content (AvgIpc) is 2.65. The van der Waals surface area contributed by atoms with E-state index in [0.717, 1.165) is 11.1 Å².